The monoisotopic (exact) mass is 420 g/mol. The van der Waals surface area contributed by atoms with Crippen LogP contribution in [-0.4, -0.2) is 0 Å². The summed E-state index contributed by atoms with van der Waals surface area (Å²) >= 11 is 0. The Morgan fingerprint density at radius 2 is 0.774 bits per heavy atom. The van der Waals surface area contributed by atoms with Crippen molar-refractivity contribution in [2.24, 2.45) is 0 Å². The molecule has 0 fully saturated rings. The minimum absolute atomic E-state index is 0.0664. The van der Waals surface area contributed by atoms with Gasteiger partial charge in [0.05, 0.1) is 0 Å². The molecule has 0 unspecified atom stereocenters. The van der Waals surface area contributed by atoms with Crippen LogP contribution in [0, 0.1) is 0 Å². The van der Waals surface area contributed by atoms with Gasteiger partial charge >= 0.3 is 0 Å². The van der Waals surface area contributed by atoms with E-state index >= 15 is 0 Å². The van der Waals surface area contributed by atoms with Gasteiger partial charge in [-0.1, -0.05) is 133 Å². The Balaban J connectivity index is 2.89. The molecule has 31 heavy (non-hydrogen) atoms. The molecule has 0 heteroatoms. The second kappa shape index (κ2) is 7.79. The van der Waals surface area contributed by atoms with Gasteiger partial charge in [0.15, 0.2) is 0 Å². The lowest BCUT2D eigenvalue weighted by Gasteiger charge is -2.40. The van der Waals surface area contributed by atoms with Crippen molar-refractivity contribution in [1.29, 1.82) is 0 Å². The van der Waals surface area contributed by atoms with Crippen LogP contribution in [0.4, 0.5) is 0 Å². The predicted molar refractivity (Wildman–Crippen MR) is 140 cm³/mol. The van der Waals surface area contributed by atoms with E-state index in [1.807, 2.05) is 0 Å². The van der Waals surface area contributed by atoms with Crippen LogP contribution in [0.1, 0.15) is 130 Å². The van der Waals surface area contributed by atoms with Crippen LogP contribution in [0.25, 0.3) is 0 Å². The Labute approximate surface area is 193 Å². The van der Waals surface area contributed by atoms with Crippen molar-refractivity contribution in [3.05, 3.63) is 69.8 Å². The average molecular weight is 421 g/mol. The molecule has 0 nitrogen and oxygen atoms in total. The van der Waals surface area contributed by atoms with Crippen molar-refractivity contribution in [2.45, 2.75) is 124 Å². The van der Waals surface area contributed by atoms with E-state index in [9.17, 15) is 0 Å². The predicted octanol–water partition coefficient (Wildman–Crippen LogP) is 9.20. The van der Waals surface area contributed by atoms with E-state index < -0.39 is 0 Å². The fourth-order valence-corrected chi connectivity index (χ4v) is 4.51. The lowest BCUT2D eigenvalue weighted by atomic mass is 9.64. The first-order chi connectivity index (χ1) is 13.7. The van der Waals surface area contributed by atoms with E-state index in [1.165, 1.54) is 33.4 Å². The fourth-order valence-electron chi connectivity index (χ4n) is 4.51. The number of hydrogen-bond acceptors (Lipinski definition) is 0. The maximum atomic E-state index is 2.51. The molecule has 0 aliphatic rings. The van der Waals surface area contributed by atoms with E-state index in [-0.39, 0.29) is 27.1 Å². The van der Waals surface area contributed by atoms with Crippen molar-refractivity contribution in [2.75, 3.05) is 0 Å². The van der Waals surface area contributed by atoms with Gasteiger partial charge in [-0.15, -0.1) is 0 Å². The van der Waals surface area contributed by atoms with Gasteiger partial charge < -0.3 is 0 Å². The van der Waals surface area contributed by atoms with Crippen LogP contribution >= 0.6 is 0 Å². The molecule has 0 aliphatic heterocycles. The smallest absolute Gasteiger partial charge is 0.0149 e. The van der Waals surface area contributed by atoms with Crippen molar-refractivity contribution < 1.29 is 0 Å². The Kier molecular flexibility index (Phi) is 6.46. The zero-order chi connectivity index (χ0) is 24.2. The van der Waals surface area contributed by atoms with Crippen LogP contribution in [0.15, 0.2) is 36.4 Å². The molecule has 0 amide bonds. The molecular formula is C31H48. The third-order valence-corrected chi connectivity index (χ3v) is 6.71. The van der Waals surface area contributed by atoms with Gasteiger partial charge in [0.1, 0.15) is 0 Å². The molecule has 0 N–H and O–H groups in total. The molecular weight excluding hydrogens is 372 g/mol. The summed E-state index contributed by atoms with van der Waals surface area (Å²) in [6.07, 6.45) is 0. The second-order valence-electron chi connectivity index (χ2n) is 14.1. The van der Waals surface area contributed by atoms with Gasteiger partial charge in [0.2, 0.25) is 0 Å². The summed E-state index contributed by atoms with van der Waals surface area (Å²) in [4.78, 5) is 0. The molecule has 0 saturated carbocycles. The van der Waals surface area contributed by atoms with Crippen molar-refractivity contribution in [3.8, 4) is 0 Å². The maximum absolute atomic E-state index is 2.51. The minimum Gasteiger partial charge on any atom is -0.0582 e. The highest BCUT2D eigenvalue weighted by molar-refractivity contribution is 5.54. The van der Waals surface area contributed by atoms with Gasteiger partial charge in [-0.25, -0.2) is 0 Å². The first kappa shape index (κ1) is 25.7. The highest BCUT2D eigenvalue weighted by Gasteiger charge is 2.36. The molecule has 0 saturated heterocycles. The Hall–Kier alpha value is -1.56. The third kappa shape index (κ3) is 5.44. The van der Waals surface area contributed by atoms with Crippen LogP contribution in [0.2, 0.25) is 0 Å². The Morgan fingerprint density at radius 3 is 1.13 bits per heavy atom. The number of benzene rings is 2. The van der Waals surface area contributed by atoms with E-state index in [4.69, 9.17) is 0 Å². The molecule has 0 bridgehead atoms. The van der Waals surface area contributed by atoms with Gasteiger partial charge in [-0.05, 0) is 55.0 Å². The van der Waals surface area contributed by atoms with Crippen molar-refractivity contribution >= 4 is 0 Å². The van der Waals surface area contributed by atoms with Crippen LogP contribution < -0.4 is 0 Å². The molecule has 0 radical (unpaired) electrons. The lowest BCUT2D eigenvalue weighted by Crippen LogP contribution is -2.31. The van der Waals surface area contributed by atoms with Gasteiger partial charge in [-0.2, -0.15) is 0 Å². The topological polar surface area (TPSA) is 0 Å². The number of hydrogen-bond donors (Lipinski definition) is 0. The number of rotatable bonds is 2. The summed E-state index contributed by atoms with van der Waals surface area (Å²) in [5.41, 5.74) is 9.03. The summed E-state index contributed by atoms with van der Waals surface area (Å²) in [5, 5.41) is 0. The SMILES string of the molecule is CC(C)(C)c1ccc(C(C)(C)c2cc(C(C)(C)C)cc(C(C)(C)C)c2C(C)(C)C)cc1. The maximum Gasteiger partial charge on any atom is 0.0149 e. The molecule has 172 valence electrons. The first-order valence-corrected chi connectivity index (χ1v) is 12.0. The minimum atomic E-state index is -0.0830. The van der Waals surface area contributed by atoms with Gasteiger partial charge in [0.25, 0.3) is 0 Å². The fraction of sp³-hybridized carbons (Fsp3) is 0.613. The van der Waals surface area contributed by atoms with Crippen LogP contribution in [0.3, 0.4) is 0 Å². The zero-order valence-electron chi connectivity index (χ0n) is 23.0. The molecule has 0 aliphatic carbocycles. The Morgan fingerprint density at radius 1 is 0.387 bits per heavy atom. The zero-order valence-corrected chi connectivity index (χ0v) is 23.0. The molecule has 0 aromatic heterocycles. The van der Waals surface area contributed by atoms with E-state index in [0.717, 1.165) is 0 Å². The molecule has 0 spiro atoms. The first-order valence-electron chi connectivity index (χ1n) is 12.0. The van der Waals surface area contributed by atoms with E-state index in [0.29, 0.717) is 0 Å². The molecule has 2 aromatic rings. The van der Waals surface area contributed by atoms with Gasteiger partial charge in [0, 0.05) is 5.41 Å². The third-order valence-electron chi connectivity index (χ3n) is 6.71. The lowest BCUT2D eigenvalue weighted by molar-refractivity contribution is 0.499. The highest BCUT2D eigenvalue weighted by atomic mass is 14.4. The van der Waals surface area contributed by atoms with Crippen molar-refractivity contribution in [3.63, 3.8) is 0 Å². The Bertz CT molecular complexity index is 909. The largest absolute Gasteiger partial charge is 0.0582 e. The molecule has 2 aromatic carbocycles. The summed E-state index contributed by atoms with van der Waals surface area (Å²) in [6, 6.07) is 14.4. The quantitative estimate of drug-likeness (QED) is 0.454. The molecule has 0 atom stereocenters. The summed E-state index contributed by atoms with van der Waals surface area (Å²) in [6.45, 7) is 32.9. The molecule has 0 heterocycles. The van der Waals surface area contributed by atoms with Crippen LogP contribution in [0.5, 0.6) is 0 Å². The van der Waals surface area contributed by atoms with E-state index in [1.54, 1.807) is 0 Å². The van der Waals surface area contributed by atoms with Crippen molar-refractivity contribution in [1.82, 2.24) is 0 Å². The molecule has 2 rings (SSSR count). The summed E-state index contributed by atoms with van der Waals surface area (Å²) in [7, 11) is 0. The second-order valence-corrected chi connectivity index (χ2v) is 14.1. The van der Waals surface area contributed by atoms with Gasteiger partial charge in [-0.3, -0.25) is 0 Å². The van der Waals surface area contributed by atoms with Crippen LogP contribution in [-0.2, 0) is 27.1 Å². The normalized spacial score (nSPS) is 14.1. The summed E-state index contributed by atoms with van der Waals surface area (Å²) < 4.78 is 0. The summed E-state index contributed by atoms with van der Waals surface area (Å²) in [5.74, 6) is 0. The highest BCUT2D eigenvalue weighted by Crippen LogP contribution is 2.45. The standard InChI is InChI=1S/C31H48/c1-27(2,3)21-15-17-22(18-16-21)31(13,14)25-20-23(28(4,5)6)19-24(29(7,8)9)26(25)30(10,11)12/h15-20H,1-14H3. The van der Waals surface area contributed by atoms with E-state index in [2.05, 4.69) is 133 Å². The average Bonchev–Trinajstić information content (AvgIpc) is 2.57.